The number of amides is 4. The van der Waals surface area contributed by atoms with Crippen molar-refractivity contribution in [2.75, 3.05) is 25.5 Å². The Morgan fingerprint density at radius 2 is 1.81 bits per heavy atom. The maximum atomic E-state index is 14.8. The molecule has 8 rings (SSSR count). The lowest BCUT2D eigenvalue weighted by Gasteiger charge is -2.31. The van der Waals surface area contributed by atoms with E-state index in [1.165, 1.54) is 28.0 Å². The first-order valence-corrected chi connectivity index (χ1v) is 23.1. The Labute approximate surface area is 369 Å². The van der Waals surface area contributed by atoms with Gasteiger partial charge in [0.15, 0.2) is 11.0 Å². The van der Waals surface area contributed by atoms with Crippen LogP contribution in [-0.4, -0.2) is 106 Å². The minimum absolute atomic E-state index is 0.0248. The number of rotatable bonds is 15. The van der Waals surface area contributed by atoms with E-state index in [2.05, 4.69) is 36.9 Å². The Morgan fingerprint density at radius 1 is 1.09 bits per heavy atom. The van der Waals surface area contributed by atoms with Crippen molar-refractivity contribution in [1.29, 1.82) is 0 Å². The van der Waals surface area contributed by atoms with Crippen molar-refractivity contribution in [1.82, 2.24) is 34.8 Å². The molecule has 5 atom stereocenters. The molecule has 1 aliphatic heterocycles. The molecule has 2 saturated carbocycles. The van der Waals surface area contributed by atoms with Crippen LogP contribution in [0.25, 0.3) is 33.5 Å². The van der Waals surface area contributed by atoms with Gasteiger partial charge in [0.1, 0.15) is 40.5 Å². The molecular weight excluding hydrogens is 878 g/mol. The number of benzene rings is 2. The fourth-order valence-corrected chi connectivity index (χ4v) is 9.82. The highest BCUT2D eigenvalue weighted by molar-refractivity contribution is 7.91. The number of aromatic nitrogens is 3. The largest absolute Gasteiger partial charge is 0.470 e. The number of alkyl halides is 3. The topological polar surface area (TPSA) is 206 Å². The molecule has 3 N–H and O–H groups in total. The van der Waals surface area contributed by atoms with Gasteiger partial charge < -0.3 is 29.6 Å². The number of thiazole rings is 1. The fraction of sp³-hybridized carbons (Fsp3) is 0.419. The van der Waals surface area contributed by atoms with E-state index in [-0.39, 0.29) is 64.9 Å². The van der Waals surface area contributed by atoms with Gasteiger partial charge in [0.25, 0.3) is 17.7 Å². The number of ether oxygens (including phenoxy) is 1. The third-order valence-corrected chi connectivity index (χ3v) is 14.4. The van der Waals surface area contributed by atoms with E-state index in [4.69, 9.17) is 9.15 Å². The lowest BCUT2D eigenvalue weighted by atomic mass is 10.0. The number of halogens is 3. The van der Waals surface area contributed by atoms with Gasteiger partial charge in [0.2, 0.25) is 27.4 Å². The molecule has 4 heterocycles. The monoisotopic (exact) mass is 922 g/mol. The van der Waals surface area contributed by atoms with Crippen LogP contribution in [-0.2, 0) is 30.6 Å². The van der Waals surface area contributed by atoms with Gasteiger partial charge in [-0.2, -0.15) is 18.2 Å². The molecule has 0 radical (unpaired) electrons. The highest BCUT2D eigenvalue weighted by Crippen LogP contribution is 2.46. The van der Waals surface area contributed by atoms with Gasteiger partial charge in [-0.3, -0.25) is 23.9 Å². The number of nitrogens with zero attached hydrogens (tertiary/aromatic N) is 5. The molecule has 3 aliphatic rings. The highest BCUT2D eigenvalue weighted by atomic mass is 32.2. The second-order valence-corrected chi connectivity index (χ2v) is 19.4. The second-order valence-electron chi connectivity index (χ2n) is 16.6. The van der Waals surface area contributed by atoms with Gasteiger partial charge in [0.05, 0.1) is 17.4 Å². The average molecular weight is 923 g/mol. The molecule has 338 valence electrons. The maximum Gasteiger partial charge on any atom is 0.416 e. The number of hydrogen-bond donors (Lipinski definition) is 3. The Kier molecular flexibility index (Phi) is 11.7. The minimum atomic E-state index is -4.57. The normalized spacial score (nSPS) is 21.4. The molecule has 4 amide bonds. The third-order valence-electron chi connectivity index (χ3n) is 11.8. The van der Waals surface area contributed by atoms with Gasteiger partial charge in [-0.25, -0.2) is 18.4 Å². The van der Waals surface area contributed by atoms with Gasteiger partial charge in [-0.05, 0) is 56.4 Å². The molecule has 1 saturated heterocycles. The number of nitrogens with one attached hydrogen (secondary N) is 3. The summed E-state index contributed by atoms with van der Waals surface area (Å²) in [4.78, 5) is 72.4. The Morgan fingerprint density at radius 3 is 2.45 bits per heavy atom. The molecule has 16 nitrogen and oxygen atoms in total. The van der Waals surface area contributed by atoms with Crippen LogP contribution >= 0.6 is 11.3 Å². The molecule has 2 aromatic carbocycles. The zero-order valence-electron chi connectivity index (χ0n) is 35.1. The number of furan rings is 1. The molecule has 5 aromatic rings. The molecule has 3 aromatic heterocycles. The summed E-state index contributed by atoms with van der Waals surface area (Å²) in [6.45, 7) is 9.44. The summed E-state index contributed by atoms with van der Waals surface area (Å²) >= 11 is 1.13. The lowest BCUT2D eigenvalue weighted by molar-refractivity contribution is -0.140. The summed E-state index contributed by atoms with van der Waals surface area (Å²) in [6.07, 6.45) is -3.33. The Hall–Kier alpha value is -6.09. The molecule has 21 heteroatoms. The fourth-order valence-electron chi connectivity index (χ4n) is 7.74. The molecule has 0 spiro atoms. The highest BCUT2D eigenvalue weighted by Gasteiger charge is 2.62. The van der Waals surface area contributed by atoms with Crippen molar-refractivity contribution >= 4 is 72.2 Å². The third kappa shape index (κ3) is 8.61. The van der Waals surface area contributed by atoms with E-state index in [0.717, 1.165) is 23.5 Å². The van der Waals surface area contributed by atoms with E-state index in [0.29, 0.717) is 35.9 Å². The van der Waals surface area contributed by atoms with Crippen LogP contribution in [0.15, 0.2) is 71.0 Å². The first-order chi connectivity index (χ1) is 30.3. The minimum Gasteiger partial charge on any atom is -0.470 e. The van der Waals surface area contributed by atoms with Gasteiger partial charge in [-0.1, -0.05) is 44.2 Å². The number of anilines is 1. The average Bonchev–Trinajstić information content (AvgIpc) is 4.10. The van der Waals surface area contributed by atoms with E-state index in [9.17, 15) is 40.8 Å². The van der Waals surface area contributed by atoms with E-state index in [1.54, 1.807) is 50.5 Å². The SMILES string of the molecule is C=C[C@@H]1C[C@]1(NC(=O)[C@@H]1C[C@@H](Oc2nc(-c3ccc(C(F)(F)F)cc3)nc3c2oc2ccccc23)CN1C(=O)[C@@H](Nc1nc(C(=O)N(C)CC)cs1)C(C)C)C(=O)NS(=O)(=O)C1CC1. The van der Waals surface area contributed by atoms with Gasteiger partial charge >= 0.3 is 6.18 Å². The number of sulfonamides is 1. The molecule has 3 fully saturated rings. The summed E-state index contributed by atoms with van der Waals surface area (Å²) in [5, 5.41) is 7.66. The smallest absolute Gasteiger partial charge is 0.416 e. The van der Waals surface area contributed by atoms with Crippen LogP contribution in [0.4, 0.5) is 18.3 Å². The Bertz CT molecular complexity index is 2770. The number of fused-ring (bicyclic) bond motifs is 3. The van der Waals surface area contributed by atoms with Crippen LogP contribution in [0.3, 0.4) is 0 Å². The van der Waals surface area contributed by atoms with Crippen LogP contribution in [0.2, 0.25) is 0 Å². The van der Waals surface area contributed by atoms with Crippen molar-refractivity contribution in [3.63, 3.8) is 0 Å². The van der Waals surface area contributed by atoms with Crippen molar-refractivity contribution in [2.24, 2.45) is 11.8 Å². The van der Waals surface area contributed by atoms with Crippen LogP contribution in [0.1, 0.15) is 62.5 Å². The van der Waals surface area contributed by atoms with E-state index >= 15 is 0 Å². The Balaban J connectivity index is 1.13. The number of carbonyl (C=O) groups excluding carboxylic acids is 4. The molecule has 2 aliphatic carbocycles. The number of para-hydroxylation sites is 1. The van der Waals surface area contributed by atoms with Crippen LogP contribution < -0.4 is 20.1 Å². The van der Waals surface area contributed by atoms with Crippen LogP contribution in [0.5, 0.6) is 5.88 Å². The summed E-state index contributed by atoms with van der Waals surface area (Å²) in [6, 6.07) is 9.02. The summed E-state index contributed by atoms with van der Waals surface area (Å²) in [5.41, 5.74) is -1.23. The quantitative estimate of drug-likeness (QED) is 0.107. The van der Waals surface area contributed by atoms with E-state index in [1.807, 2.05) is 6.92 Å². The zero-order chi connectivity index (χ0) is 45.9. The van der Waals surface area contributed by atoms with Crippen LogP contribution in [0, 0.1) is 11.8 Å². The first-order valence-electron chi connectivity index (χ1n) is 20.7. The molecule has 64 heavy (non-hydrogen) atoms. The maximum absolute atomic E-state index is 14.8. The summed E-state index contributed by atoms with van der Waals surface area (Å²) < 4.78 is 80.9. The van der Waals surface area contributed by atoms with E-state index < -0.39 is 74.4 Å². The molecule has 0 unspecified atom stereocenters. The predicted octanol–water partition coefficient (Wildman–Crippen LogP) is 5.76. The molecule has 0 bridgehead atoms. The number of likely N-dealkylation sites (tertiary alicyclic amines) is 1. The lowest BCUT2D eigenvalue weighted by Crippen LogP contribution is -2.58. The predicted molar refractivity (Wildman–Crippen MR) is 231 cm³/mol. The van der Waals surface area contributed by atoms with Gasteiger partial charge in [-0.15, -0.1) is 17.9 Å². The summed E-state index contributed by atoms with van der Waals surface area (Å²) in [5.74, 6) is -3.57. The van der Waals surface area contributed by atoms with Gasteiger partial charge in [0, 0.05) is 42.3 Å². The first kappa shape index (κ1) is 44.5. The standard InChI is InChI=1S/C43H45F3N8O8S2/c1-6-24-19-42(24,40(58)52-64(59,60)27-16-17-27)51-36(55)30-18-26(20-54(30)39(57)32(22(3)4)49-41-47-29(21-63-41)38(56)53(5)7-2)61-37-34-33(28-10-8-9-11-31(28)62-34)48-35(50-37)23-12-14-25(15-13-23)43(44,45)46/h6,8-15,21-22,24,26-27,30,32H,1,7,16-20H2,2-5H3,(H,47,49)(H,51,55)(H,52,58)/t24-,26-,30+,32+,42-/m1/s1. The molecular formula is C43H45F3N8O8S2. The second kappa shape index (κ2) is 16.8. The summed E-state index contributed by atoms with van der Waals surface area (Å²) in [7, 11) is -2.34. The van der Waals surface area contributed by atoms with Crippen molar-refractivity contribution < 1.29 is 49.9 Å². The number of carbonyl (C=O) groups is 4. The zero-order valence-corrected chi connectivity index (χ0v) is 36.8. The number of hydrogen-bond acceptors (Lipinski definition) is 13. The van der Waals surface area contributed by atoms with Crippen molar-refractivity contribution in [2.45, 2.75) is 81.6 Å². The van der Waals surface area contributed by atoms with Crippen molar-refractivity contribution in [3.8, 4) is 17.3 Å². The van der Waals surface area contributed by atoms with Crippen molar-refractivity contribution in [3.05, 3.63) is 77.8 Å².